The number of ether oxygens (including phenoxy) is 1. The lowest BCUT2D eigenvalue weighted by molar-refractivity contribution is -0.197. The number of hydrogen-bond donors (Lipinski definition) is 0. The van der Waals surface area contributed by atoms with Crippen molar-refractivity contribution in [1.82, 2.24) is 5.06 Å². The minimum absolute atomic E-state index is 0.0412. The van der Waals surface area contributed by atoms with E-state index >= 15 is 0 Å². The van der Waals surface area contributed by atoms with Gasteiger partial charge < -0.3 is 4.74 Å². The monoisotopic (exact) mass is 305 g/mol. The molecule has 1 heterocycles. The molecule has 3 fully saturated rings. The molecule has 3 aliphatic carbocycles. The molecule has 6 heteroatoms. The molecule has 1 saturated heterocycles. The first-order valence-corrected chi connectivity index (χ1v) is 8.03. The van der Waals surface area contributed by atoms with E-state index in [2.05, 4.69) is 0 Å². The summed E-state index contributed by atoms with van der Waals surface area (Å²) in [5.74, 6) is -1.43. The van der Waals surface area contributed by atoms with E-state index in [0.29, 0.717) is 0 Å². The molecule has 2 bridgehead atoms. The number of allylic oxidation sites excluding steroid dienone is 2. The van der Waals surface area contributed by atoms with Crippen LogP contribution in [0.1, 0.15) is 32.1 Å². The van der Waals surface area contributed by atoms with Crippen LogP contribution in [0.5, 0.6) is 0 Å². The van der Waals surface area contributed by atoms with E-state index in [-0.39, 0.29) is 48.2 Å². The lowest BCUT2D eigenvalue weighted by Gasteiger charge is -2.17. The highest BCUT2D eigenvalue weighted by atomic mass is 16.7. The van der Waals surface area contributed by atoms with E-state index in [9.17, 15) is 14.4 Å². The molecule has 4 atom stereocenters. The van der Waals surface area contributed by atoms with Crippen LogP contribution in [0.15, 0.2) is 12.2 Å². The lowest BCUT2D eigenvalue weighted by Crippen LogP contribution is -2.35. The molecule has 22 heavy (non-hydrogen) atoms. The van der Waals surface area contributed by atoms with Crippen molar-refractivity contribution in [3.05, 3.63) is 12.2 Å². The smallest absolute Gasteiger partial charge is 0.335 e. The second-order valence-corrected chi connectivity index (χ2v) is 6.64. The van der Waals surface area contributed by atoms with Crippen molar-refractivity contribution in [3.63, 3.8) is 0 Å². The number of rotatable bonds is 4. The number of carbonyl (C=O) groups excluding carboxylic acids is 3. The van der Waals surface area contributed by atoms with Gasteiger partial charge in [0.1, 0.15) is 6.10 Å². The molecule has 4 rings (SSSR count). The standard InChI is InChI=1S/C16H19NO5/c18-12(22-11-3-1-2-4-11)8-21-17-15(19)13-9-5-6-10(7-9)14(13)16(17)20/h5-6,9-11,13-14H,1-4,7-8H2/t9-,10-,13+,14+/m0/s1. The highest BCUT2D eigenvalue weighted by molar-refractivity contribution is 6.05. The number of amides is 2. The Labute approximate surface area is 128 Å². The summed E-state index contributed by atoms with van der Waals surface area (Å²) in [6.45, 7) is -0.379. The highest BCUT2D eigenvalue weighted by Gasteiger charge is 2.60. The molecule has 2 amide bonds. The SMILES string of the molecule is O=C(CON1C(=O)[C@H]2[C@H](C1=O)[C@H]1C=C[C@H]2C1)OC1CCCC1. The summed E-state index contributed by atoms with van der Waals surface area (Å²) in [6.07, 6.45) is 8.79. The predicted molar refractivity (Wildman–Crippen MR) is 73.9 cm³/mol. The van der Waals surface area contributed by atoms with Gasteiger partial charge in [-0.1, -0.05) is 12.2 Å². The van der Waals surface area contributed by atoms with Crippen LogP contribution in [-0.4, -0.2) is 35.6 Å². The van der Waals surface area contributed by atoms with Gasteiger partial charge in [0.15, 0.2) is 6.61 Å². The van der Waals surface area contributed by atoms with E-state index in [1.54, 1.807) is 0 Å². The van der Waals surface area contributed by atoms with Crippen molar-refractivity contribution in [2.45, 2.75) is 38.2 Å². The minimum atomic E-state index is -0.509. The maximum absolute atomic E-state index is 12.3. The van der Waals surface area contributed by atoms with Gasteiger partial charge in [-0.15, -0.1) is 0 Å². The van der Waals surface area contributed by atoms with Gasteiger partial charge >= 0.3 is 5.97 Å². The van der Waals surface area contributed by atoms with Crippen molar-refractivity contribution < 1.29 is 24.0 Å². The van der Waals surface area contributed by atoms with E-state index in [4.69, 9.17) is 9.57 Å². The number of nitrogens with zero attached hydrogens (tertiary/aromatic N) is 1. The third-order valence-electron chi connectivity index (χ3n) is 5.34. The summed E-state index contributed by atoms with van der Waals surface area (Å²) in [6, 6.07) is 0. The molecule has 0 aromatic heterocycles. The van der Waals surface area contributed by atoms with Crippen LogP contribution in [0, 0.1) is 23.7 Å². The van der Waals surface area contributed by atoms with Gasteiger partial charge in [-0.05, 0) is 43.9 Å². The Morgan fingerprint density at radius 3 is 2.27 bits per heavy atom. The molecule has 0 unspecified atom stereocenters. The van der Waals surface area contributed by atoms with Crippen molar-refractivity contribution in [1.29, 1.82) is 0 Å². The first-order chi connectivity index (χ1) is 10.6. The van der Waals surface area contributed by atoms with Crippen LogP contribution in [0.3, 0.4) is 0 Å². The summed E-state index contributed by atoms with van der Waals surface area (Å²) >= 11 is 0. The lowest BCUT2D eigenvalue weighted by atomic mass is 9.85. The van der Waals surface area contributed by atoms with Gasteiger partial charge in [-0.25, -0.2) is 4.79 Å². The van der Waals surface area contributed by atoms with Gasteiger partial charge in [-0.2, -0.15) is 5.06 Å². The summed E-state index contributed by atoms with van der Waals surface area (Å²) in [5.41, 5.74) is 0. The van der Waals surface area contributed by atoms with Crippen LogP contribution in [0.4, 0.5) is 0 Å². The summed E-state index contributed by atoms with van der Waals surface area (Å²) in [7, 11) is 0. The summed E-state index contributed by atoms with van der Waals surface area (Å²) in [4.78, 5) is 41.6. The Morgan fingerprint density at radius 1 is 1.09 bits per heavy atom. The number of fused-ring (bicyclic) bond motifs is 5. The van der Waals surface area contributed by atoms with Crippen LogP contribution in [-0.2, 0) is 24.0 Å². The molecule has 0 aromatic carbocycles. The van der Waals surface area contributed by atoms with Gasteiger partial charge in [0.05, 0.1) is 11.8 Å². The molecular formula is C16H19NO5. The molecule has 1 aliphatic heterocycles. The second-order valence-electron chi connectivity index (χ2n) is 6.64. The van der Waals surface area contributed by atoms with Crippen molar-refractivity contribution in [3.8, 4) is 0 Å². The third kappa shape index (κ3) is 2.08. The molecular weight excluding hydrogens is 286 g/mol. The van der Waals surface area contributed by atoms with E-state index in [1.165, 1.54) is 0 Å². The van der Waals surface area contributed by atoms with Crippen LogP contribution >= 0.6 is 0 Å². The Kier molecular flexibility index (Phi) is 3.29. The minimum Gasteiger partial charge on any atom is -0.461 e. The Bertz CT molecular complexity index is 521. The fourth-order valence-corrected chi connectivity index (χ4v) is 4.35. The molecule has 4 aliphatic rings. The molecule has 0 spiro atoms. The van der Waals surface area contributed by atoms with E-state index in [0.717, 1.165) is 37.2 Å². The van der Waals surface area contributed by atoms with Crippen molar-refractivity contribution in [2.75, 3.05) is 6.61 Å². The topological polar surface area (TPSA) is 72.9 Å². The van der Waals surface area contributed by atoms with Crippen LogP contribution in [0.25, 0.3) is 0 Å². The zero-order valence-electron chi connectivity index (χ0n) is 12.3. The number of hydroxylamine groups is 2. The highest BCUT2D eigenvalue weighted by Crippen LogP contribution is 2.52. The van der Waals surface area contributed by atoms with Gasteiger partial charge in [0, 0.05) is 0 Å². The van der Waals surface area contributed by atoms with Crippen LogP contribution in [0.2, 0.25) is 0 Å². The number of hydrogen-bond acceptors (Lipinski definition) is 5. The zero-order valence-corrected chi connectivity index (χ0v) is 12.3. The molecule has 0 N–H and O–H groups in total. The largest absolute Gasteiger partial charge is 0.461 e. The molecule has 118 valence electrons. The van der Waals surface area contributed by atoms with Crippen molar-refractivity contribution in [2.24, 2.45) is 23.7 Å². The number of esters is 1. The number of imide groups is 1. The normalized spacial score (nSPS) is 36.5. The average molecular weight is 305 g/mol. The first-order valence-electron chi connectivity index (χ1n) is 8.03. The van der Waals surface area contributed by atoms with Gasteiger partial charge in [0.25, 0.3) is 11.8 Å². The molecule has 0 radical (unpaired) electrons. The Morgan fingerprint density at radius 2 is 1.68 bits per heavy atom. The van der Waals surface area contributed by atoms with Crippen LogP contribution < -0.4 is 0 Å². The molecule has 6 nitrogen and oxygen atoms in total. The Balaban J connectivity index is 1.35. The fourth-order valence-electron chi connectivity index (χ4n) is 4.35. The summed E-state index contributed by atoms with van der Waals surface area (Å²) < 4.78 is 5.26. The zero-order chi connectivity index (χ0) is 15.3. The van der Waals surface area contributed by atoms with Gasteiger partial charge in [-0.3, -0.25) is 14.4 Å². The van der Waals surface area contributed by atoms with E-state index in [1.807, 2.05) is 12.2 Å². The fraction of sp³-hybridized carbons (Fsp3) is 0.688. The van der Waals surface area contributed by atoms with Gasteiger partial charge in [0.2, 0.25) is 0 Å². The number of carbonyl (C=O) groups is 3. The predicted octanol–water partition coefficient (Wildman–Crippen LogP) is 1.21. The second kappa shape index (κ2) is 5.19. The molecule has 0 aromatic rings. The maximum atomic E-state index is 12.3. The average Bonchev–Trinajstić information content (AvgIpc) is 3.24. The maximum Gasteiger partial charge on any atom is 0.335 e. The van der Waals surface area contributed by atoms with E-state index < -0.39 is 5.97 Å². The first kappa shape index (κ1) is 13.9. The quantitative estimate of drug-likeness (QED) is 0.443. The third-order valence-corrected chi connectivity index (χ3v) is 5.34. The van der Waals surface area contributed by atoms with Crippen molar-refractivity contribution >= 4 is 17.8 Å². The molecule has 2 saturated carbocycles. The summed E-state index contributed by atoms with van der Waals surface area (Å²) in [5, 5.41) is 0.803. The Hall–Kier alpha value is -1.69.